The van der Waals surface area contributed by atoms with E-state index in [2.05, 4.69) is 4.99 Å². The summed E-state index contributed by atoms with van der Waals surface area (Å²) in [6.07, 6.45) is 1.27. The van der Waals surface area contributed by atoms with Gasteiger partial charge in [-0.2, -0.15) is 5.26 Å². The van der Waals surface area contributed by atoms with Crippen LogP contribution in [0.25, 0.3) is 5.03 Å². The molecule has 0 N–H and O–H groups in total. The molecule has 0 saturated carbocycles. The maximum Gasteiger partial charge on any atom is 0.300 e. The molecule has 0 aromatic heterocycles. The number of hydrogen-bond donors (Lipinski definition) is 0. The van der Waals surface area contributed by atoms with Gasteiger partial charge in [-0.05, 0) is 18.2 Å². The van der Waals surface area contributed by atoms with E-state index in [9.17, 15) is 0 Å². The van der Waals surface area contributed by atoms with E-state index in [1.165, 1.54) is 6.26 Å². The summed E-state index contributed by atoms with van der Waals surface area (Å²) in [5.41, 5.74) is 1.21. The van der Waals surface area contributed by atoms with Crippen LogP contribution in [0.5, 0.6) is 0 Å². The van der Waals surface area contributed by atoms with Crippen molar-refractivity contribution in [2.75, 3.05) is 0 Å². The molecular formula is C10H4Cl2N2O. The van der Waals surface area contributed by atoms with Crippen molar-refractivity contribution in [3.8, 4) is 6.07 Å². The van der Waals surface area contributed by atoms with Crippen LogP contribution >= 0.6 is 23.2 Å². The Morgan fingerprint density at radius 3 is 2.87 bits per heavy atom. The first-order chi connectivity index (χ1) is 7.20. The second-order valence-electron chi connectivity index (χ2n) is 2.77. The number of ether oxygens (including phenoxy) is 1. The lowest BCUT2D eigenvalue weighted by atomic mass is 10.2. The Hall–Kier alpha value is -1.50. The molecule has 1 aromatic rings. The minimum Gasteiger partial charge on any atom is -0.437 e. The van der Waals surface area contributed by atoms with Gasteiger partial charge in [0.05, 0.1) is 10.7 Å². The number of nitrogens with zero attached hydrogens (tertiary/aromatic N) is 2. The molecular weight excluding hydrogens is 235 g/mol. The van der Waals surface area contributed by atoms with E-state index in [1.54, 1.807) is 18.2 Å². The fourth-order valence-electron chi connectivity index (χ4n) is 1.16. The van der Waals surface area contributed by atoms with Gasteiger partial charge < -0.3 is 4.74 Å². The Balaban J connectivity index is 2.64. The molecule has 15 heavy (non-hydrogen) atoms. The molecule has 0 saturated heterocycles. The summed E-state index contributed by atoms with van der Waals surface area (Å²) < 4.78 is 4.94. The first-order valence-electron chi connectivity index (χ1n) is 4.02. The molecule has 1 heterocycles. The van der Waals surface area contributed by atoms with Gasteiger partial charge in [-0.1, -0.05) is 23.2 Å². The van der Waals surface area contributed by atoms with Gasteiger partial charge in [-0.3, -0.25) is 0 Å². The standard InChI is InChI=1S/C10H4Cl2N2O/c11-6-1-2-9-7(3-6)8(12)5-15-10(4-13)14-9/h1-3,5H. The Bertz CT molecular complexity index is 515. The van der Waals surface area contributed by atoms with E-state index < -0.39 is 0 Å². The molecule has 0 aliphatic carbocycles. The zero-order valence-corrected chi connectivity index (χ0v) is 8.88. The highest BCUT2D eigenvalue weighted by Crippen LogP contribution is 2.33. The summed E-state index contributed by atoms with van der Waals surface area (Å²) in [5.74, 6) is -0.0470. The van der Waals surface area contributed by atoms with Crippen LogP contribution in [0.15, 0.2) is 29.5 Å². The van der Waals surface area contributed by atoms with Gasteiger partial charge in [-0.25, -0.2) is 4.99 Å². The van der Waals surface area contributed by atoms with Crippen molar-refractivity contribution < 1.29 is 4.74 Å². The van der Waals surface area contributed by atoms with Crippen molar-refractivity contribution >= 4 is 39.8 Å². The molecule has 1 aliphatic heterocycles. The van der Waals surface area contributed by atoms with E-state index in [1.807, 2.05) is 6.07 Å². The third kappa shape index (κ3) is 1.96. The highest BCUT2D eigenvalue weighted by molar-refractivity contribution is 6.49. The van der Waals surface area contributed by atoms with Gasteiger partial charge in [-0.15, -0.1) is 0 Å². The average molecular weight is 239 g/mol. The highest BCUT2D eigenvalue weighted by Gasteiger charge is 2.12. The number of aliphatic imine (C=N–C) groups is 1. The van der Waals surface area contributed by atoms with Gasteiger partial charge in [0.15, 0.2) is 6.07 Å². The zero-order chi connectivity index (χ0) is 10.8. The summed E-state index contributed by atoms with van der Waals surface area (Å²) in [7, 11) is 0. The minimum atomic E-state index is -0.0470. The normalized spacial score (nSPS) is 13.9. The zero-order valence-electron chi connectivity index (χ0n) is 7.37. The minimum absolute atomic E-state index is 0.0470. The van der Waals surface area contributed by atoms with Crippen LogP contribution in [0.2, 0.25) is 5.02 Å². The molecule has 0 amide bonds. The van der Waals surface area contributed by atoms with E-state index in [-0.39, 0.29) is 5.90 Å². The van der Waals surface area contributed by atoms with E-state index in [0.717, 1.165) is 0 Å². The van der Waals surface area contributed by atoms with Crippen LogP contribution in [-0.4, -0.2) is 5.90 Å². The number of benzene rings is 1. The van der Waals surface area contributed by atoms with E-state index >= 15 is 0 Å². The Kier molecular flexibility index (Phi) is 2.63. The molecule has 5 heteroatoms. The number of hydrogen-bond acceptors (Lipinski definition) is 3. The smallest absolute Gasteiger partial charge is 0.300 e. The van der Waals surface area contributed by atoms with Crippen LogP contribution in [0.3, 0.4) is 0 Å². The largest absolute Gasteiger partial charge is 0.437 e. The average Bonchev–Trinajstić information content (AvgIpc) is 2.39. The van der Waals surface area contributed by atoms with Crippen LogP contribution in [0, 0.1) is 11.3 Å². The van der Waals surface area contributed by atoms with Gasteiger partial charge in [0.2, 0.25) is 0 Å². The van der Waals surface area contributed by atoms with Crippen LogP contribution in [-0.2, 0) is 4.74 Å². The topological polar surface area (TPSA) is 45.4 Å². The van der Waals surface area contributed by atoms with Crippen LogP contribution in [0.1, 0.15) is 5.56 Å². The molecule has 1 aromatic carbocycles. The van der Waals surface area contributed by atoms with Crippen molar-refractivity contribution in [1.29, 1.82) is 5.26 Å². The molecule has 74 valence electrons. The molecule has 3 nitrogen and oxygen atoms in total. The predicted molar refractivity (Wildman–Crippen MR) is 59.1 cm³/mol. The third-order valence-corrected chi connectivity index (χ3v) is 2.34. The summed E-state index contributed by atoms with van der Waals surface area (Å²) in [6, 6.07) is 6.84. The third-order valence-electron chi connectivity index (χ3n) is 1.81. The molecule has 0 unspecified atom stereocenters. The van der Waals surface area contributed by atoms with Crippen molar-refractivity contribution in [1.82, 2.24) is 0 Å². The molecule has 0 radical (unpaired) electrons. The van der Waals surface area contributed by atoms with E-state index in [4.69, 9.17) is 33.2 Å². The van der Waals surface area contributed by atoms with Gasteiger partial charge in [0, 0.05) is 10.6 Å². The van der Waals surface area contributed by atoms with Gasteiger partial charge >= 0.3 is 5.90 Å². The maximum absolute atomic E-state index is 8.68. The summed E-state index contributed by atoms with van der Waals surface area (Å²) in [5, 5.41) is 9.59. The Labute approximate surface area is 96.2 Å². The SMILES string of the molecule is N#CC1=Nc2ccc(Cl)cc2C(Cl)=CO1. The van der Waals surface area contributed by atoms with Crippen LogP contribution in [0.4, 0.5) is 5.69 Å². The van der Waals surface area contributed by atoms with Crippen molar-refractivity contribution in [2.24, 2.45) is 4.99 Å². The van der Waals surface area contributed by atoms with Crippen LogP contribution < -0.4 is 0 Å². The molecule has 1 aliphatic rings. The Morgan fingerprint density at radius 1 is 1.33 bits per heavy atom. The molecule has 0 fully saturated rings. The number of rotatable bonds is 0. The Morgan fingerprint density at radius 2 is 2.13 bits per heavy atom. The molecule has 0 atom stereocenters. The number of fused-ring (bicyclic) bond motifs is 1. The second kappa shape index (κ2) is 3.93. The number of nitriles is 1. The van der Waals surface area contributed by atoms with Crippen molar-refractivity contribution in [3.05, 3.63) is 35.0 Å². The lowest BCUT2D eigenvalue weighted by molar-refractivity contribution is 0.483. The maximum atomic E-state index is 8.68. The summed E-state index contributed by atoms with van der Waals surface area (Å²) >= 11 is 11.8. The first-order valence-corrected chi connectivity index (χ1v) is 4.77. The summed E-state index contributed by atoms with van der Waals surface area (Å²) in [4.78, 5) is 3.99. The molecule has 0 bridgehead atoms. The molecule has 0 spiro atoms. The second-order valence-corrected chi connectivity index (χ2v) is 3.62. The van der Waals surface area contributed by atoms with E-state index in [0.29, 0.717) is 21.3 Å². The first kappa shape index (κ1) is 10.0. The van der Waals surface area contributed by atoms with Crippen molar-refractivity contribution in [2.45, 2.75) is 0 Å². The number of halogens is 2. The predicted octanol–water partition coefficient (Wildman–Crippen LogP) is 3.46. The quantitative estimate of drug-likeness (QED) is 0.695. The van der Waals surface area contributed by atoms with Gasteiger partial charge in [0.1, 0.15) is 6.26 Å². The van der Waals surface area contributed by atoms with Gasteiger partial charge in [0.25, 0.3) is 0 Å². The monoisotopic (exact) mass is 238 g/mol. The molecule has 2 rings (SSSR count). The lowest BCUT2D eigenvalue weighted by Gasteiger charge is -2.01. The lowest BCUT2D eigenvalue weighted by Crippen LogP contribution is -1.93. The fraction of sp³-hybridized carbons (Fsp3) is 0. The highest BCUT2D eigenvalue weighted by atomic mass is 35.5. The fourth-order valence-corrected chi connectivity index (χ4v) is 1.52. The summed E-state index contributed by atoms with van der Waals surface area (Å²) in [6.45, 7) is 0. The van der Waals surface area contributed by atoms with Crippen molar-refractivity contribution in [3.63, 3.8) is 0 Å².